The molecule has 8 rings (SSSR count). The maximum absolute atomic E-state index is 4.82. The molecule has 5 aromatic carbocycles. The molecule has 0 saturated heterocycles. The van der Waals surface area contributed by atoms with E-state index in [1.165, 1.54) is 64.4 Å². The van der Waals surface area contributed by atoms with Crippen molar-refractivity contribution in [1.29, 1.82) is 0 Å². The normalized spacial score (nSPS) is 11.7. The maximum Gasteiger partial charge on any atom is 0.0720 e. The molecule has 0 amide bonds. The zero-order valence-electron chi connectivity index (χ0n) is 20.5. The van der Waals surface area contributed by atoms with E-state index in [1.807, 2.05) is 23.6 Å². The lowest BCUT2D eigenvalue weighted by Crippen LogP contribution is -1.93. The van der Waals surface area contributed by atoms with Gasteiger partial charge in [-0.25, -0.2) is 0 Å². The Kier molecular flexibility index (Phi) is 4.73. The van der Waals surface area contributed by atoms with Crippen LogP contribution in [0.3, 0.4) is 0 Å². The first-order valence-corrected chi connectivity index (χ1v) is 13.6. The fraction of sp³-hybridized carbons (Fsp3) is 0. The second kappa shape index (κ2) is 8.41. The van der Waals surface area contributed by atoms with Crippen LogP contribution in [-0.2, 0) is 0 Å². The molecule has 0 N–H and O–H groups in total. The van der Waals surface area contributed by atoms with E-state index in [2.05, 4.69) is 126 Å². The highest BCUT2D eigenvalue weighted by Gasteiger charge is 2.22. The van der Waals surface area contributed by atoms with Crippen LogP contribution in [0.5, 0.6) is 0 Å². The number of benzene rings is 5. The summed E-state index contributed by atoms with van der Waals surface area (Å²) >= 11 is 1.90. The molecule has 0 saturated carbocycles. The molecule has 0 fully saturated rings. The zero-order valence-corrected chi connectivity index (χ0v) is 21.3. The molecular formula is C35H22N2S. The number of thiophene rings is 1. The number of hydrogen-bond donors (Lipinski definition) is 0. The molecule has 0 atom stereocenters. The number of nitrogens with zero attached hydrogens (tertiary/aromatic N) is 2. The summed E-state index contributed by atoms with van der Waals surface area (Å²) in [7, 11) is 0. The van der Waals surface area contributed by atoms with Crippen LogP contribution in [0.15, 0.2) is 134 Å². The monoisotopic (exact) mass is 502 g/mol. The Morgan fingerprint density at radius 1 is 0.553 bits per heavy atom. The van der Waals surface area contributed by atoms with Gasteiger partial charge in [-0.2, -0.15) is 0 Å². The van der Waals surface area contributed by atoms with E-state index in [-0.39, 0.29) is 0 Å². The van der Waals surface area contributed by atoms with Crippen LogP contribution >= 0.6 is 11.3 Å². The molecule has 0 aliphatic heterocycles. The first kappa shape index (κ1) is 21.4. The van der Waals surface area contributed by atoms with E-state index in [0.29, 0.717) is 0 Å². The Hall–Kier alpha value is -4.73. The van der Waals surface area contributed by atoms with E-state index in [9.17, 15) is 0 Å². The zero-order chi connectivity index (χ0) is 25.1. The fourth-order valence-electron chi connectivity index (χ4n) is 5.82. The van der Waals surface area contributed by atoms with Crippen molar-refractivity contribution in [2.45, 2.75) is 0 Å². The Labute approximate surface area is 224 Å². The fourth-order valence-corrected chi connectivity index (χ4v) is 7.22. The van der Waals surface area contributed by atoms with Crippen LogP contribution < -0.4 is 0 Å². The molecule has 8 aromatic rings. The predicted molar refractivity (Wildman–Crippen MR) is 162 cm³/mol. The first-order chi connectivity index (χ1) is 18.9. The van der Waals surface area contributed by atoms with Gasteiger partial charge in [-0.3, -0.25) is 4.98 Å². The molecule has 0 radical (unpaired) electrons. The molecule has 0 bridgehead atoms. The van der Waals surface area contributed by atoms with Crippen LogP contribution in [0.25, 0.3) is 70.0 Å². The van der Waals surface area contributed by atoms with Gasteiger partial charge in [0.2, 0.25) is 0 Å². The topological polar surface area (TPSA) is 17.8 Å². The summed E-state index contributed by atoms with van der Waals surface area (Å²) in [5, 5.41) is 5.06. The summed E-state index contributed by atoms with van der Waals surface area (Å²) in [5.41, 5.74) is 8.34. The van der Waals surface area contributed by atoms with E-state index in [4.69, 9.17) is 4.98 Å². The van der Waals surface area contributed by atoms with Crippen molar-refractivity contribution in [1.82, 2.24) is 9.55 Å². The number of rotatable bonds is 3. The van der Waals surface area contributed by atoms with Crippen molar-refractivity contribution in [3.8, 4) is 28.1 Å². The second-order valence-corrected chi connectivity index (χ2v) is 10.6. The van der Waals surface area contributed by atoms with Gasteiger partial charge in [0.25, 0.3) is 0 Å². The standard InChI is InChI=1S/C35H22N2S/c1-3-12-23(13-4-1)25-17-11-18-27-32-29(30-19-9-10-21-36-30)22-28-26-16-7-8-20-31(26)37(24-14-5-2-6-15-24)33(28)35(32)38-34(25)27/h1-22H. The summed E-state index contributed by atoms with van der Waals surface area (Å²) in [5.74, 6) is 0. The maximum atomic E-state index is 4.82. The van der Waals surface area contributed by atoms with Crippen LogP contribution in [0, 0.1) is 0 Å². The molecule has 2 nitrogen and oxygen atoms in total. The largest absolute Gasteiger partial charge is 0.308 e. The molecule has 0 spiro atoms. The highest BCUT2D eigenvalue weighted by atomic mass is 32.1. The second-order valence-electron chi connectivity index (χ2n) is 9.58. The molecule has 0 aliphatic carbocycles. The Bertz CT molecular complexity index is 2100. The quantitative estimate of drug-likeness (QED) is 0.235. The van der Waals surface area contributed by atoms with Crippen molar-refractivity contribution in [3.63, 3.8) is 0 Å². The number of fused-ring (bicyclic) bond motifs is 7. The molecule has 0 unspecified atom stereocenters. The number of pyridine rings is 1. The van der Waals surface area contributed by atoms with E-state index < -0.39 is 0 Å². The Morgan fingerprint density at radius 3 is 2.11 bits per heavy atom. The summed E-state index contributed by atoms with van der Waals surface area (Å²) in [6.45, 7) is 0. The van der Waals surface area contributed by atoms with Gasteiger partial charge in [0.15, 0.2) is 0 Å². The SMILES string of the molecule is c1ccc(-c2cccc3c2sc2c3c(-c3ccccn3)cc3c4ccccc4n(-c4ccccc4)c32)cc1. The average Bonchev–Trinajstić information content (AvgIpc) is 3.54. The van der Waals surface area contributed by atoms with Crippen molar-refractivity contribution >= 4 is 53.3 Å². The van der Waals surface area contributed by atoms with Gasteiger partial charge in [0, 0.05) is 43.7 Å². The van der Waals surface area contributed by atoms with Crippen LogP contribution in [0.4, 0.5) is 0 Å². The van der Waals surface area contributed by atoms with Crippen LogP contribution in [0.1, 0.15) is 0 Å². The van der Waals surface area contributed by atoms with E-state index in [1.54, 1.807) is 0 Å². The van der Waals surface area contributed by atoms with Gasteiger partial charge in [-0.05, 0) is 47.5 Å². The molecule has 3 heteroatoms. The number of para-hydroxylation sites is 2. The molecule has 178 valence electrons. The van der Waals surface area contributed by atoms with Crippen molar-refractivity contribution < 1.29 is 0 Å². The summed E-state index contributed by atoms with van der Waals surface area (Å²) in [6, 6.07) is 45.5. The lowest BCUT2D eigenvalue weighted by molar-refractivity contribution is 1.19. The Morgan fingerprint density at radius 2 is 1.29 bits per heavy atom. The predicted octanol–water partition coefficient (Wildman–Crippen LogP) is 9.88. The molecule has 3 heterocycles. The minimum atomic E-state index is 1.00. The van der Waals surface area contributed by atoms with Crippen molar-refractivity contribution in [2.24, 2.45) is 0 Å². The first-order valence-electron chi connectivity index (χ1n) is 12.8. The van der Waals surface area contributed by atoms with Gasteiger partial charge in [-0.15, -0.1) is 11.3 Å². The average molecular weight is 503 g/mol. The van der Waals surface area contributed by atoms with Gasteiger partial charge >= 0.3 is 0 Å². The minimum Gasteiger partial charge on any atom is -0.308 e. The Balaban J connectivity index is 1.63. The summed E-state index contributed by atoms with van der Waals surface area (Å²) in [4.78, 5) is 4.82. The molecule has 0 aliphatic rings. The molecule has 38 heavy (non-hydrogen) atoms. The van der Waals surface area contributed by atoms with Gasteiger partial charge in [0.05, 0.1) is 21.4 Å². The third-order valence-corrected chi connectivity index (χ3v) is 8.69. The van der Waals surface area contributed by atoms with Crippen molar-refractivity contribution in [2.75, 3.05) is 0 Å². The van der Waals surface area contributed by atoms with Gasteiger partial charge in [-0.1, -0.05) is 91.0 Å². The molecule has 3 aromatic heterocycles. The highest BCUT2D eigenvalue weighted by Crippen LogP contribution is 2.49. The smallest absolute Gasteiger partial charge is 0.0720 e. The van der Waals surface area contributed by atoms with Gasteiger partial charge in [0.1, 0.15) is 0 Å². The molecular weight excluding hydrogens is 480 g/mol. The lowest BCUT2D eigenvalue weighted by Gasteiger charge is -2.10. The van der Waals surface area contributed by atoms with Gasteiger partial charge < -0.3 is 4.57 Å². The number of aromatic nitrogens is 2. The number of hydrogen-bond acceptors (Lipinski definition) is 2. The lowest BCUT2D eigenvalue weighted by atomic mass is 9.97. The minimum absolute atomic E-state index is 1.00. The van der Waals surface area contributed by atoms with E-state index >= 15 is 0 Å². The van der Waals surface area contributed by atoms with E-state index in [0.717, 1.165) is 5.69 Å². The highest BCUT2D eigenvalue weighted by molar-refractivity contribution is 7.27. The van der Waals surface area contributed by atoms with Crippen LogP contribution in [-0.4, -0.2) is 9.55 Å². The van der Waals surface area contributed by atoms with Crippen LogP contribution in [0.2, 0.25) is 0 Å². The third kappa shape index (κ3) is 3.09. The third-order valence-electron chi connectivity index (χ3n) is 7.44. The summed E-state index contributed by atoms with van der Waals surface area (Å²) < 4.78 is 5.04. The van der Waals surface area contributed by atoms with Crippen molar-refractivity contribution in [3.05, 3.63) is 134 Å². The summed E-state index contributed by atoms with van der Waals surface area (Å²) in [6.07, 6.45) is 1.89.